The first-order chi connectivity index (χ1) is 16.1. The van der Waals surface area contributed by atoms with E-state index >= 15 is 0 Å². The summed E-state index contributed by atoms with van der Waals surface area (Å²) in [6, 6.07) is 4.21. The Labute approximate surface area is 200 Å². The maximum absolute atomic E-state index is 11.8. The lowest BCUT2D eigenvalue weighted by atomic mass is 10.0. The van der Waals surface area contributed by atoms with Gasteiger partial charge in [0.25, 0.3) is 0 Å². The summed E-state index contributed by atoms with van der Waals surface area (Å²) in [6.45, 7) is 4.63. The molecule has 0 aliphatic rings. The van der Waals surface area contributed by atoms with Crippen molar-refractivity contribution in [2.45, 2.75) is 117 Å². The van der Waals surface area contributed by atoms with Crippen LogP contribution >= 0.6 is 0 Å². The molecule has 0 unspecified atom stereocenters. The van der Waals surface area contributed by atoms with Crippen LogP contribution in [-0.2, 0) is 4.74 Å². The van der Waals surface area contributed by atoms with E-state index in [1.54, 1.807) is 6.92 Å². The van der Waals surface area contributed by atoms with Gasteiger partial charge in [0, 0.05) is 6.07 Å². The highest BCUT2D eigenvalue weighted by molar-refractivity contribution is 5.90. The third-order valence-electron chi connectivity index (χ3n) is 5.92. The van der Waals surface area contributed by atoms with Crippen LogP contribution in [-0.4, -0.2) is 24.1 Å². The number of benzene rings is 1. The SMILES string of the molecule is CCCCCCCCCCCCCCCCCCOc1ccc(C(=O)OCC)cc1[N+](=O)[O-]. The van der Waals surface area contributed by atoms with Crippen LogP contribution in [0.3, 0.4) is 0 Å². The molecule has 0 saturated carbocycles. The lowest BCUT2D eigenvalue weighted by Crippen LogP contribution is -2.06. The van der Waals surface area contributed by atoms with Crippen molar-refractivity contribution in [2.75, 3.05) is 13.2 Å². The molecule has 1 aromatic carbocycles. The van der Waals surface area contributed by atoms with Crippen LogP contribution in [0.4, 0.5) is 5.69 Å². The van der Waals surface area contributed by atoms with Crippen LogP contribution in [0.2, 0.25) is 0 Å². The lowest BCUT2D eigenvalue weighted by Gasteiger charge is -2.08. The molecule has 0 aliphatic heterocycles. The fraction of sp³-hybridized carbons (Fsp3) is 0.741. The molecule has 0 heterocycles. The van der Waals surface area contributed by atoms with E-state index < -0.39 is 10.9 Å². The second kappa shape index (κ2) is 19.4. The number of ether oxygens (including phenoxy) is 2. The molecule has 33 heavy (non-hydrogen) atoms. The predicted octanol–water partition coefficient (Wildman–Crippen LogP) is 8.41. The highest BCUT2D eigenvalue weighted by Gasteiger charge is 2.19. The molecule has 1 rings (SSSR count). The van der Waals surface area contributed by atoms with Crippen LogP contribution in [0.5, 0.6) is 5.75 Å². The summed E-state index contributed by atoms with van der Waals surface area (Å²) in [6.07, 6.45) is 20.8. The first-order valence-corrected chi connectivity index (χ1v) is 13.2. The van der Waals surface area contributed by atoms with Crippen molar-refractivity contribution in [3.8, 4) is 5.75 Å². The molecule has 0 aliphatic carbocycles. The number of unbranched alkanes of at least 4 members (excludes halogenated alkanes) is 15. The minimum Gasteiger partial charge on any atom is -0.487 e. The quantitative estimate of drug-likeness (QED) is 0.0791. The number of hydrogen-bond acceptors (Lipinski definition) is 5. The van der Waals surface area contributed by atoms with Gasteiger partial charge in [-0.25, -0.2) is 4.79 Å². The predicted molar refractivity (Wildman–Crippen MR) is 134 cm³/mol. The molecule has 6 heteroatoms. The Balaban J connectivity index is 2.04. The zero-order valence-corrected chi connectivity index (χ0v) is 20.9. The number of esters is 1. The van der Waals surface area contributed by atoms with Crippen LogP contribution < -0.4 is 4.74 Å². The van der Waals surface area contributed by atoms with Gasteiger partial charge in [0.1, 0.15) is 0 Å². The molecule has 0 N–H and O–H groups in total. The van der Waals surface area contributed by atoms with Crippen LogP contribution in [0.25, 0.3) is 0 Å². The van der Waals surface area contributed by atoms with Crippen molar-refractivity contribution in [1.82, 2.24) is 0 Å². The Kier molecular flexibility index (Phi) is 17.0. The highest BCUT2D eigenvalue weighted by Crippen LogP contribution is 2.28. The van der Waals surface area contributed by atoms with Crippen molar-refractivity contribution in [3.63, 3.8) is 0 Å². The topological polar surface area (TPSA) is 78.7 Å². The summed E-state index contributed by atoms with van der Waals surface area (Å²) in [7, 11) is 0. The molecule has 6 nitrogen and oxygen atoms in total. The maximum atomic E-state index is 11.8. The number of nitro benzene ring substituents is 1. The fourth-order valence-corrected chi connectivity index (χ4v) is 3.96. The summed E-state index contributed by atoms with van der Waals surface area (Å²) in [5.41, 5.74) is -0.0321. The third-order valence-corrected chi connectivity index (χ3v) is 5.92. The molecule has 0 spiro atoms. The zero-order chi connectivity index (χ0) is 24.2. The Morgan fingerprint density at radius 2 is 1.27 bits per heavy atom. The summed E-state index contributed by atoms with van der Waals surface area (Å²) < 4.78 is 10.5. The van der Waals surface area contributed by atoms with Crippen LogP contribution in [0.15, 0.2) is 18.2 Å². The summed E-state index contributed by atoms with van der Waals surface area (Å²) in [5.74, 6) is -0.362. The van der Waals surface area contributed by atoms with Gasteiger partial charge in [-0.15, -0.1) is 0 Å². The minimum atomic E-state index is -0.565. The van der Waals surface area contributed by atoms with E-state index in [4.69, 9.17) is 9.47 Å². The Hall–Kier alpha value is -2.11. The average Bonchev–Trinajstić information content (AvgIpc) is 2.81. The second-order valence-corrected chi connectivity index (χ2v) is 8.81. The molecule has 0 fully saturated rings. The van der Waals surface area contributed by atoms with Gasteiger partial charge in [-0.2, -0.15) is 0 Å². The zero-order valence-electron chi connectivity index (χ0n) is 20.9. The number of nitrogens with zero attached hydrogens (tertiary/aromatic N) is 1. The van der Waals surface area contributed by atoms with Gasteiger partial charge in [-0.3, -0.25) is 10.1 Å². The van der Waals surface area contributed by atoms with Crippen LogP contribution in [0.1, 0.15) is 127 Å². The number of carbonyl (C=O) groups is 1. The van der Waals surface area contributed by atoms with E-state index in [2.05, 4.69) is 6.92 Å². The first-order valence-electron chi connectivity index (χ1n) is 13.2. The van der Waals surface area contributed by atoms with E-state index in [-0.39, 0.29) is 23.6 Å². The first kappa shape index (κ1) is 28.9. The second-order valence-electron chi connectivity index (χ2n) is 8.81. The van der Waals surface area contributed by atoms with Crippen molar-refractivity contribution >= 4 is 11.7 Å². The Morgan fingerprint density at radius 3 is 1.73 bits per heavy atom. The summed E-state index contributed by atoms with van der Waals surface area (Å²) in [5, 5.41) is 11.3. The van der Waals surface area contributed by atoms with E-state index in [9.17, 15) is 14.9 Å². The van der Waals surface area contributed by atoms with Crippen molar-refractivity contribution in [2.24, 2.45) is 0 Å². The third kappa shape index (κ3) is 13.9. The fourth-order valence-electron chi connectivity index (χ4n) is 3.96. The van der Waals surface area contributed by atoms with Crippen molar-refractivity contribution < 1.29 is 19.2 Å². The van der Waals surface area contributed by atoms with Crippen molar-refractivity contribution in [1.29, 1.82) is 0 Å². The van der Waals surface area contributed by atoms with Gasteiger partial charge in [0.05, 0.1) is 23.7 Å². The molecule has 0 aromatic heterocycles. The number of carbonyl (C=O) groups excluding carboxylic acids is 1. The summed E-state index contributed by atoms with van der Waals surface area (Å²) >= 11 is 0. The molecule has 0 atom stereocenters. The van der Waals surface area contributed by atoms with Crippen LogP contribution in [0, 0.1) is 10.1 Å². The number of hydrogen-bond donors (Lipinski definition) is 0. The van der Waals surface area contributed by atoms with E-state index in [1.807, 2.05) is 0 Å². The lowest BCUT2D eigenvalue weighted by molar-refractivity contribution is -0.385. The monoisotopic (exact) mass is 463 g/mol. The number of nitro groups is 1. The van der Waals surface area contributed by atoms with Crippen molar-refractivity contribution in [3.05, 3.63) is 33.9 Å². The van der Waals surface area contributed by atoms with Gasteiger partial charge in [0.15, 0.2) is 5.75 Å². The van der Waals surface area contributed by atoms with Gasteiger partial charge in [-0.05, 0) is 25.5 Å². The molecule has 0 saturated heterocycles. The average molecular weight is 464 g/mol. The molecule has 0 amide bonds. The molecule has 188 valence electrons. The molecular formula is C27H45NO5. The van der Waals surface area contributed by atoms with Gasteiger partial charge < -0.3 is 9.47 Å². The van der Waals surface area contributed by atoms with E-state index in [0.717, 1.165) is 12.8 Å². The smallest absolute Gasteiger partial charge is 0.338 e. The molecular weight excluding hydrogens is 418 g/mol. The van der Waals surface area contributed by atoms with E-state index in [0.29, 0.717) is 6.61 Å². The standard InChI is InChI=1S/C27H45NO5/c1-3-5-6-7-8-9-10-11-12-13-14-15-16-17-18-19-22-33-26-21-20-24(27(29)32-4-2)23-25(26)28(30)31/h20-21,23H,3-19,22H2,1-2H3. The number of rotatable bonds is 21. The van der Waals surface area contributed by atoms with E-state index in [1.165, 1.54) is 108 Å². The normalized spacial score (nSPS) is 10.8. The van der Waals surface area contributed by atoms with Gasteiger partial charge >= 0.3 is 11.7 Å². The maximum Gasteiger partial charge on any atom is 0.338 e. The molecule has 0 radical (unpaired) electrons. The Bertz CT molecular complexity index is 662. The molecule has 0 bridgehead atoms. The Morgan fingerprint density at radius 1 is 0.788 bits per heavy atom. The summed E-state index contributed by atoms with van der Waals surface area (Å²) in [4.78, 5) is 22.6. The largest absolute Gasteiger partial charge is 0.487 e. The highest BCUT2D eigenvalue weighted by atomic mass is 16.6. The minimum absolute atomic E-state index is 0.165. The van der Waals surface area contributed by atoms with Gasteiger partial charge in [-0.1, -0.05) is 103 Å². The molecule has 1 aromatic rings. The van der Waals surface area contributed by atoms with Gasteiger partial charge in [0.2, 0.25) is 0 Å².